The molecule has 1 nitrogen and oxygen atoms in total. The molecule has 94 valence electrons. The Kier molecular flexibility index (Phi) is 5.99. The van der Waals surface area contributed by atoms with Crippen LogP contribution in [0.2, 0.25) is 19.6 Å². The van der Waals surface area contributed by atoms with Gasteiger partial charge in [-0.05, 0) is 37.1 Å². The molecule has 0 amide bonds. The van der Waals surface area contributed by atoms with Crippen LogP contribution >= 0.6 is 11.2 Å². The number of rotatable bonds is 6. The molecule has 0 atom stereocenters. The van der Waals surface area contributed by atoms with Crippen LogP contribution in [0.4, 0.5) is 5.69 Å². The Morgan fingerprint density at radius 3 is 2.35 bits per heavy atom. The van der Waals surface area contributed by atoms with Crippen LogP contribution < -0.4 is 0 Å². The number of hydrogen-bond acceptors (Lipinski definition) is 2. The highest BCUT2D eigenvalue weighted by Crippen LogP contribution is 2.29. The largest absolute Gasteiger partial charge is 0.261 e. The van der Waals surface area contributed by atoms with Gasteiger partial charge in [0.25, 0.3) is 0 Å². The molecule has 0 saturated heterocycles. The summed E-state index contributed by atoms with van der Waals surface area (Å²) in [5.41, 5.74) is 1.07. The van der Waals surface area contributed by atoms with Crippen molar-refractivity contribution in [3.8, 4) is 0 Å². The second-order valence-corrected chi connectivity index (χ2v) is 14.3. The van der Waals surface area contributed by atoms with E-state index in [4.69, 9.17) is 0 Å². The topological polar surface area (TPSA) is 12.4 Å². The van der Waals surface area contributed by atoms with Crippen molar-refractivity contribution in [3.05, 3.63) is 24.3 Å². The summed E-state index contributed by atoms with van der Waals surface area (Å²) in [6.07, 6.45) is 5.58. The highest BCUT2D eigenvalue weighted by atomic mass is 32.4. The van der Waals surface area contributed by atoms with Crippen molar-refractivity contribution < 1.29 is 0 Å². The van der Waals surface area contributed by atoms with Gasteiger partial charge in [0.05, 0.1) is 5.69 Å². The Balaban J connectivity index is 2.53. The normalized spacial score (nSPS) is 12.2. The van der Waals surface area contributed by atoms with Crippen LogP contribution in [0.5, 0.6) is 0 Å². The summed E-state index contributed by atoms with van der Waals surface area (Å²) < 4.78 is 0. The van der Waals surface area contributed by atoms with Crippen LogP contribution in [-0.2, 0) is 0 Å². The van der Waals surface area contributed by atoms with Crippen LogP contribution in [0.25, 0.3) is 0 Å². The Morgan fingerprint density at radius 2 is 1.82 bits per heavy atom. The zero-order chi connectivity index (χ0) is 12.7. The first-order valence-corrected chi connectivity index (χ1v) is 11.4. The third-order valence-electron chi connectivity index (χ3n) is 2.19. The van der Waals surface area contributed by atoms with E-state index in [2.05, 4.69) is 55.8 Å². The minimum absolute atomic E-state index is 1.07. The van der Waals surface area contributed by atoms with Crippen LogP contribution in [-0.4, -0.2) is 13.4 Å². The maximum absolute atomic E-state index is 4.46. The lowest BCUT2D eigenvalue weighted by atomic mass is 10.3. The fourth-order valence-corrected chi connectivity index (χ4v) is 4.93. The molecule has 0 aliphatic rings. The molecule has 1 aromatic rings. The Morgan fingerprint density at radius 1 is 1.18 bits per heavy atom. The maximum Gasteiger partial charge on any atom is 0.114 e. The molecule has 0 heterocycles. The van der Waals surface area contributed by atoms with Gasteiger partial charge in [0, 0.05) is 11.1 Å². The Labute approximate surface area is 110 Å². The maximum atomic E-state index is 4.46. The Hall–Kier alpha value is -0.543. The molecule has 0 unspecified atom stereocenters. The predicted octanol–water partition coefficient (Wildman–Crippen LogP) is 5.51. The number of unbranched alkanes of at least 4 members (excludes halogenated alkanes) is 2. The molecule has 17 heavy (non-hydrogen) atoms. The van der Waals surface area contributed by atoms with E-state index in [9.17, 15) is 0 Å². The van der Waals surface area contributed by atoms with Gasteiger partial charge in [-0.3, -0.25) is 4.99 Å². The third-order valence-corrected chi connectivity index (χ3v) is 5.85. The summed E-state index contributed by atoms with van der Waals surface area (Å²) in [5.74, 6) is 0. The van der Waals surface area contributed by atoms with Crippen molar-refractivity contribution >= 4 is 30.3 Å². The molecule has 1 aromatic carbocycles. The van der Waals surface area contributed by atoms with Crippen molar-refractivity contribution in [2.24, 2.45) is 4.99 Å². The van der Waals surface area contributed by atoms with Gasteiger partial charge >= 0.3 is 0 Å². The average molecular weight is 265 g/mol. The van der Waals surface area contributed by atoms with Gasteiger partial charge in [-0.2, -0.15) is 11.2 Å². The smallest absolute Gasteiger partial charge is 0.114 e. The first-order valence-electron chi connectivity index (χ1n) is 6.33. The highest BCUT2D eigenvalue weighted by Gasteiger charge is 2.14. The van der Waals surface area contributed by atoms with Crippen LogP contribution in [0, 0.1) is 0 Å². The summed E-state index contributed by atoms with van der Waals surface area (Å²) in [5, 5.41) is 0. The van der Waals surface area contributed by atoms with E-state index in [1.807, 2.05) is 17.4 Å². The van der Waals surface area contributed by atoms with Gasteiger partial charge < -0.3 is 0 Å². The summed E-state index contributed by atoms with van der Waals surface area (Å²) in [6.45, 7) is 9.31. The molecule has 0 fully saturated rings. The number of nitrogens with zero attached hydrogens (tertiary/aromatic N) is 1. The first kappa shape index (κ1) is 14.5. The lowest BCUT2D eigenvalue weighted by Gasteiger charge is -2.14. The monoisotopic (exact) mass is 265 g/mol. The van der Waals surface area contributed by atoms with Crippen LogP contribution in [0.1, 0.15) is 26.2 Å². The van der Waals surface area contributed by atoms with E-state index < -0.39 is 7.22 Å². The number of aliphatic imine (C=N–C) groups is 1. The molecule has 0 N–H and O–H groups in total. The number of hydrogen-bond donors (Lipinski definition) is 0. The van der Waals surface area contributed by atoms with E-state index in [1.165, 1.54) is 17.7 Å². The molecule has 0 bridgehead atoms. The van der Waals surface area contributed by atoms with Gasteiger partial charge in [0.2, 0.25) is 0 Å². The van der Waals surface area contributed by atoms with E-state index >= 15 is 0 Å². The quantitative estimate of drug-likeness (QED) is 0.375. The molecular weight excluding hydrogens is 242 g/mol. The van der Waals surface area contributed by atoms with Gasteiger partial charge in [-0.25, -0.2) is 0 Å². The molecule has 1 rings (SSSR count). The van der Waals surface area contributed by atoms with E-state index in [0.717, 1.165) is 12.1 Å². The summed E-state index contributed by atoms with van der Waals surface area (Å²) in [7, 11) is -1.07. The van der Waals surface area contributed by atoms with E-state index in [1.54, 1.807) is 0 Å². The second kappa shape index (κ2) is 7.02. The second-order valence-electron chi connectivity index (χ2n) is 5.16. The van der Waals surface area contributed by atoms with Gasteiger partial charge in [-0.1, -0.05) is 33.0 Å². The van der Waals surface area contributed by atoms with Crippen molar-refractivity contribution in [1.29, 1.82) is 0 Å². The SMILES string of the molecule is CCCC/C=N/c1ccc(S[Si](C)(C)C)cc1. The fourth-order valence-electron chi connectivity index (χ4n) is 1.42. The van der Waals surface area contributed by atoms with E-state index in [0.29, 0.717) is 0 Å². The van der Waals surface area contributed by atoms with Crippen molar-refractivity contribution in [1.82, 2.24) is 0 Å². The molecule has 0 aromatic heterocycles. The average Bonchev–Trinajstić information content (AvgIpc) is 2.25. The van der Waals surface area contributed by atoms with Gasteiger partial charge in [-0.15, -0.1) is 0 Å². The zero-order valence-corrected chi connectivity index (χ0v) is 13.2. The van der Waals surface area contributed by atoms with Crippen molar-refractivity contribution in [2.45, 2.75) is 50.7 Å². The minimum Gasteiger partial charge on any atom is -0.261 e. The highest BCUT2D eigenvalue weighted by molar-refractivity contribution is 8.28. The summed E-state index contributed by atoms with van der Waals surface area (Å²) >= 11 is 2.03. The predicted molar refractivity (Wildman–Crippen MR) is 83.3 cm³/mol. The third kappa shape index (κ3) is 6.69. The standard InChI is InChI=1S/C14H23NSSi/c1-5-6-7-12-15-13-8-10-14(11-9-13)16-17(2,3)4/h8-12H,5-7H2,1-4H3/b15-12+. The van der Waals surface area contributed by atoms with Crippen LogP contribution in [0.15, 0.2) is 34.2 Å². The molecule has 0 aliphatic heterocycles. The van der Waals surface area contributed by atoms with Gasteiger partial charge in [0.15, 0.2) is 0 Å². The minimum atomic E-state index is -1.07. The fraction of sp³-hybridized carbons (Fsp3) is 0.500. The molecule has 0 saturated carbocycles. The summed E-state index contributed by atoms with van der Waals surface area (Å²) in [4.78, 5) is 5.83. The first-order chi connectivity index (χ1) is 8.01. The molecule has 0 aliphatic carbocycles. The van der Waals surface area contributed by atoms with Crippen molar-refractivity contribution in [2.75, 3.05) is 0 Å². The molecule has 0 radical (unpaired) electrons. The van der Waals surface area contributed by atoms with Crippen molar-refractivity contribution in [3.63, 3.8) is 0 Å². The zero-order valence-electron chi connectivity index (χ0n) is 11.4. The number of benzene rings is 1. The van der Waals surface area contributed by atoms with Crippen LogP contribution in [0.3, 0.4) is 0 Å². The lowest BCUT2D eigenvalue weighted by Crippen LogP contribution is -2.13. The molecule has 3 heteroatoms. The lowest BCUT2D eigenvalue weighted by molar-refractivity contribution is 0.842. The van der Waals surface area contributed by atoms with Gasteiger partial charge in [0.1, 0.15) is 7.22 Å². The Bertz CT molecular complexity index is 351. The van der Waals surface area contributed by atoms with E-state index in [-0.39, 0.29) is 0 Å². The molecular formula is C14H23NSSi. The molecule has 0 spiro atoms. The summed E-state index contributed by atoms with van der Waals surface area (Å²) in [6, 6.07) is 8.61.